The van der Waals surface area contributed by atoms with Crippen molar-refractivity contribution in [1.29, 1.82) is 0 Å². The largest absolute Gasteiger partial charge is 0.322 e. The van der Waals surface area contributed by atoms with Crippen LogP contribution in [0, 0.1) is 0 Å². The number of benzene rings is 1. The molecule has 0 bridgehead atoms. The Labute approximate surface area is 161 Å². The van der Waals surface area contributed by atoms with Gasteiger partial charge in [0.2, 0.25) is 0 Å². The van der Waals surface area contributed by atoms with Crippen LogP contribution in [-0.2, 0) is 6.54 Å². The molecular formula is C22H28N4O. The van der Waals surface area contributed by atoms with Crippen LogP contribution < -0.4 is 5.32 Å². The van der Waals surface area contributed by atoms with Gasteiger partial charge in [0.15, 0.2) is 0 Å². The number of nitrogens with zero attached hydrogens (tertiary/aromatic N) is 3. The molecule has 2 aliphatic rings. The van der Waals surface area contributed by atoms with E-state index in [9.17, 15) is 4.79 Å². The molecule has 1 atom stereocenters. The number of anilines is 1. The van der Waals surface area contributed by atoms with Gasteiger partial charge in [-0.15, -0.1) is 0 Å². The van der Waals surface area contributed by atoms with Gasteiger partial charge in [-0.2, -0.15) is 0 Å². The molecule has 2 saturated heterocycles. The molecule has 1 N–H and O–H groups in total. The van der Waals surface area contributed by atoms with Crippen LogP contribution in [0.2, 0.25) is 0 Å². The average Bonchev–Trinajstić information content (AvgIpc) is 3.21. The molecule has 2 amide bonds. The lowest BCUT2D eigenvalue weighted by Crippen LogP contribution is -2.35. The first kappa shape index (κ1) is 18.0. The molecule has 4 rings (SSSR count). The number of urea groups is 1. The van der Waals surface area contributed by atoms with Gasteiger partial charge in [0.25, 0.3) is 0 Å². The summed E-state index contributed by atoms with van der Waals surface area (Å²) < 4.78 is 0. The molecule has 0 radical (unpaired) electrons. The van der Waals surface area contributed by atoms with Crippen LogP contribution in [0.5, 0.6) is 0 Å². The molecule has 1 aromatic carbocycles. The first-order chi connectivity index (χ1) is 13.3. The molecule has 3 heterocycles. The van der Waals surface area contributed by atoms with Gasteiger partial charge in [0.1, 0.15) is 0 Å². The molecule has 27 heavy (non-hydrogen) atoms. The highest BCUT2D eigenvalue weighted by molar-refractivity contribution is 5.90. The SMILES string of the molecule is O=C(Nc1ccccc1CN1CCCCC1)N1CCCC1c1ccccn1. The van der Waals surface area contributed by atoms with E-state index in [-0.39, 0.29) is 12.1 Å². The Hall–Kier alpha value is -2.40. The summed E-state index contributed by atoms with van der Waals surface area (Å²) in [4.78, 5) is 21.9. The summed E-state index contributed by atoms with van der Waals surface area (Å²) in [5.74, 6) is 0. The van der Waals surface area contributed by atoms with Crippen molar-refractivity contribution in [3.63, 3.8) is 0 Å². The standard InChI is InChI=1S/C22H28N4O/c27-22(26-16-8-12-21(26)20-11-4-5-13-23-20)24-19-10-3-2-9-18(19)17-25-14-6-1-7-15-25/h2-5,9-11,13,21H,1,6-8,12,14-17H2,(H,24,27). The van der Waals surface area contributed by atoms with Crippen molar-refractivity contribution in [2.24, 2.45) is 0 Å². The van der Waals surface area contributed by atoms with E-state index in [2.05, 4.69) is 27.3 Å². The van der Waals surface area contributed by atoms with Gasteiger partial charge in [0.05, 0.1) is 11.7 Å². The van der Waals surface area contributed by atoms with E-state index in [0.717, 1.165) is 50.4 Å². The molecule has 1 aromatic heterocycles. The van der Waals surface area contributed by atoms with Crippen LogP contribution in [0.1, 0.15) is 49.4 Å². The van der Waals surface area contributed by atoms with Crippen LogP contribution in [0.15, 0.2) is 48.7 Å². The predicted molar refractivity (Wildman–Crippen MR) is 108 cm³/mol. The fraction of sp³-hybridized carbons (Fsp3) is 0.455. The van der Waals surface area contributed by atoms with Gasteiger partial charge in [0, 0.05) is 25.0 Å². The zero-order chi connectivity index (χ0) is 18.5. The van der Waals surface area contributed by atoms with Crippen LogP contribution in [0.25, 0.3) is 0 Å². The van der Waals surface area contributed by atoms with Crippen LogP contribution in [0.3, 0.4) is 0 Å². The fourth-order valence-corrected chi connectivity index (χ4v) is 4.22. The van der Waals surface area contributed by atoms with E-state index in [0.29, 0.717) is 0 Å². The highest BCUT2D eigenvalue weighted by Crippen LogP contribution is 2.31. The molecule has 5 nitrogen and oxygen atoms in total. The van der Waals surface area contributed by atoms with Crippen molar-refractivity contribution >= 4 is 11.7 Å². The third-order valence-corrected chi connectivity index (χ3v) is 5.64. The maximum absolute atomic E-state index is 13.0. The van der Waals surface area contributed by atoms with E-state index >= 15 is 0 Å². The van der Waals surface area contributed by atoms with Gasteiger partial charge in [-0.25, -0.2) is 4.79 Å². The molecular weight excluding hydrogens is 336 g/mol. The molecule has 2 aromatic rings. The van der Waals surface area contributed by atoms with Gasteiger partial charge < -0.3 is 10.2 Å². The number of carbonyl (C=O) groups excluding carboxylic acids is 1. The zero-order valence-electron chi connectivity index (χ0n) is 15.8. The Morgan fingerprint density at radius 3 is 2.63 bits per heavy atom. The smallest absolute Gasteiger partial charge is 0.316 e. The molecule has 142 valence electrons. The minimum absolute atomic E-state index is 0.0192. The highest BCUT2D eigenvalue weighted by Gasteiger charge is 2.31. The van der Waals surface area contributed by atoms with Crippen molar-refractivity contribution in [2.45, 2.75) is 44.7 Å². The second-order valence-corrected chi connectivity index (χ2v) is 7.53. The van der Waals surface area contributed by atoms with E-state index in [1.807, 2.05) is 35.2 Å². The highest BCUT2D eigenvalue weighted by atomic mass is 16.2. The summed E-state index contributed by atoms with van der Waals surface area (Å²) in [6.07, 6.45) is 7.67. The molecule has 5 heteroatoms. The van der Waals surface area contributed by atoms with Crippen molar-refractivity contribution in [3.05, 3.63) is 59.9 Å². The maximum Gasteiger partial charge on any atom is 0.322 e. The third-order valence-electron chi connectivity index (χ3n) is 5.64. The number of pyridine rings is 1. The topological polar surface area (TPSA) is 48.5 Å². The number of piperidine rings is 1. The number of hydrogen-bond acceptors (Lipinski definition) is 3. The number of likely N-dealkylation sites (tertiary alicyclic amines) is 2. The van der Waals surface area contributed by atoms with Crippen molar-refractivity contribution in [1.82, 2.24) is 14.8 Å². The maximum atomic E-state index is 13.0. The minimum Gasteiger partial charge on any atom is -0.316 e. The predicted octanol–water partition coefficient (Wildman–Crippen LogP) is 4.44. The van der Waals surface area contributed by atoms with Gasteiger partial charge in [-0.05, 0) is 62.5 Å². The number of para-hydroxylation sites is 1. The van der Waals surface area contributed by atoms with Crippen molar-refractivity contribution < 1.29 is 4.79 Å². The number of aromatic nitrogens is 1. The Kier molecular flexibility index (Phi) is 5.68. The Morgan fingerprint density at radius 2 is 1.81 bits per heavy atom. The zero-order valence-corrected chi connectivity index (χ0v) is 15.8. The van der Waals surface area contributed by atoms with Crippen LogP contribution in [-0.4, -0.2) is 40.4 Å². The lowest BCUT2D eigenvalue weighted by molar-refractivity contribution is 0.205. The molecule has 1 unspecified atom stereocenters. The van der Waals surface area contributed by atoms with Crippen molar-refractivity contribution in [2.75, 3.05) is 25.0 Å². The molecule has 0 spiro atoms. The quantitative estimate of drug-likeness (QED) is 0.873. The Bertz CT molecular complexity index is 758. The minimum atomic E-state index is -0.0192. The number of hydrogen-bond donors (Lipinski definition) is 1. The normalized spacial score (nSPS) is 20.6. The third kappa shape index (κ3) is 4.30. The second kappa shape index (κ2) is 8.53. The lowest BCUT2D eigenvalue weighted by Gasteiger charge is -2.28. The molecule has 2 fully saturated rings. The van der Waals surface area contributed by atoms with Crippen LogP contribution in [0.4, 0.5) is 10.5 Å². The summed E-state index contributed by atoms with van der Waals surface area (Å²) in [6, 6.07) is 14.2. The summed E-state index contributed by atoms with van der Waals surface area (Å²) >= 11 is 0. The number of nitrogens with one attached hydrogen (secondary N) is 1. The van der Waals surface area contributed by atoms with E-state index in [4.69, 9.17) is 0 Å². The number of rotatable bonds is 4. The van der Waals surface area contributed by atoms with E-state index < -0.39 is 0 Å². The van der Waals surface area contributed by atoms with Gasteiger partial charge >= 0.3 is 6.03 Å². The Balaban J connectivity index is 1.46. The van der Waals surface area contributed by atoms with Crippen molar-refractivity contribution in [3.8, 4) is 0 Å². The second-order valence-electron chi connectivity index (χ2n) is 7.53. The number of amides is 2. The monoisotopic (exact) mass is 364 g/mol. The number of carbonyl (C=O) groups is 1. The Morgan fingerprint density at radius 1 is 1.00 bits per heavy atom. The lowest BCUT2D eigenvalue weighted by atomic mass is 10.1. The van der Waals surface area contributed by atoms with E-state index in [1.54, 1.807) is 6.20 Å². The first-order valence-corrected chi connectivity index (χ1v) is 10.1. The summed E-state index contributed by atoms with van der Waals surface area (Å²) in [6.45, 7) is 3.98. The molecule has 0 aliphatic carbocycles. The first-order valence-electron chi connectivity index (χ1n) is 10.1. The van der Waals surface area contributed by atoms with Crippen LogP contribution >= 0.6 is 0 Å². The van der Waals surface area contributed by atoms with Gasteiger partial charge in [-0.3, -0.25) is 9.88 Å². The average molecular weight is 364 g/mol. The van der Waals surface area contributed by atoms with Gasteiger partial charge in [-0.1, -0.05) is 30.7 Å². The van der Waals surface area contributed by atoms with E-state index in [1.165, 1.54) is 24.8 Å². The molecule has 0 saturated carbocycles. The fourth-order valence-electron chi connectivity index (χ4n) is 4.22. The molecule has 2 aliphatic heterocycles. The summed E-state index contributed by atoms with van der Waals surface area (Å²) in [5.41, 5.74) is 3.10. The summed E-state index contributed by atoms with van der Waals surface area (Å²) in [7, 11) is 0. The summed E-state index contributed by atoms with van der Waals surface area (Å²) in [5, 5.41) is 3.17.